The summed E-state index contributed by atoms with van der Waals surface area (Å²) in [6.45, 7) is 9.05. The van der Waals surface area contributed by atoms with Gasteiger partial charge in [0.2, 0.25) is 10.0 Å². The molecule has 2 unspecified atom stereocenters. The van der Waals surface area contributed by atoms with Crippen molar-refractivity contribution < 1.29 is 13.2 Å². The predicted octanol–water partition coefficient (Wildman–Crippen LogP) is 0.546. The molecule has 0 aliphatic carbocycles. The highest BCUT2D eigenvalue weighted by atomic mass is 32.2. The quantitative estimate of drug-likeness (QED) is 0.679. The molecule has 0 bridgehead atoms. The first-order valence-corrected chi connectivity index (χ1v) is 10.1. The van der Waals surface area contributed by atoms with Crippen molar-refractivity contribution in [2.75, 3.05) is 32.1 Å². The van der Waals surface area contributed by atoms with E-state index in [4.69, 9.17) is 4.74 Å². The molecule has 0 radical (unpaired) electrons. The van der Waals surface area contributed by atoms with Crippen LogP contribution in [0.3, 0.4) is 0 Å². The van der Waals surface area contributed by atoms with Gasteiger partial charge in [-0.3, -0.25) is 0 Å². The van der Waals surface area contributed by atoms with Crippen molar-refractivity contribution in [2.45, 2.75) is 64.2 Å². The molecule has 2 fully saturated rings. The zero-order valence-electron chi connectivity index (χ0n) is 14.0. The molecule has 2 rings (SSSR count). The molecule has 2 aliphatic rings. The van der Waals surface area contributed by atoms with Crippen molar-refractivity contribution >= 4 is 10.0 Å². The topological polar surface area (TPSA) is 70.7 Å². The largest absolute Gasteiger partial charge is 0.380 e. The van der Waals surface area contributed by atoms with Gasteiger partial charge in [0.05, 0.1) is 12.4 Å². The van der Waals surface area contributed by atoms with Crippen LogP contribution in [0.4, 0.5) is 0 Å². The average Bonchev–Trinajstić information content (AvgIpc) is 3.08. The summed E-state index contributed by atoms with van der Waals surface area (Å²) < 4.78 is 31.9. The standard InChI is InChI=1S/C15H31N3O3S/c1-12(2)16-14-4-7-18(10-14)22(19,20)9-6-13(3)17-15-5-8-21-11-15/h12-17H,4-11H2,1-3H3/t13?,14-,15?/m1/s1. The number of nitrogens with zero attached hydrogens (tertiary/aromatic N) is 1. The zero-order valence-corrected chi connectivity index (χ0v) is 14.9. The molecule has 7 heteroatoms. The van der Waals surface area contributed by atoms with Gasteiger partial charge in [0.15, 0.2) is 0 Å². The molecule has 0 aromatic heterocycles. The predicted molar refractivity (Wildman–Crippen MR) is 88.5 cm³/mol. The lowest BCUT2D eigenvalue weighted by Gasteiger charge is -2.21. The van der Waals surface area contributed by atoms with Gasteiger partial charge in [0, 0.05) is 43.9 Å². The first kappa shape index (κ1) is 18.1. The van der Waals surface area contributed by atoms with Crippen molar-refractivity contribution in [1.29, 1.82) is 0 Å². The number of rotatable bonds is 8. The van der Waals surface area contributed by atoms with Crippen LogP contribution in [-0.4, -0.2) is 68.9 Å². The molecule has 0 saturated carbocycles. The molecule has 0 aromatic carbocycles. The number of ether oxygens (including phenoxy) is 1. The summed E-state index contributed by atoms with van der Waals surface area (Å²) in [6.07, 6.45) is 2.58. The van der Waals surface area contributed by atoms with Crippen molar-refractivity contribution in [3.8, 4) is 0 Å². The smallest absolute Gasteiger partial charge is 0.214 e. The van der Waals surface area contributed by atoms with E-state index in [0.717, 1.165) is 26.1 Å². The SMILES string of the molecule is CC(C)N[C@@H]1CCN(S(=O)(=O)CCC(C)NC2CCOC2)C1. The molecule has 6 nitrogen and oxygen atoms in total. The summed E-state index contributed by atoms with van der Waals surface area (Å²) in [5, 5.41) is 6.88. The number of sulfonamides is 1. The second-order valence-electron chi connectivity index (χ2n) is 6.90. The third kappa shape index (κ3) is 5.45. The molecule has 22 heavy (non-hydrogen) atoms. The maximum atomic E-state index is 12.5. The Bertz CT molecular complexity index is 435. The van der Waals surface area contributed by atoms with Crippen LogP contribution in [0, 0.1) is 0 Å². The minimum Gasteiger partial charge on any atom is -0.380 e. The van der Waals surface area contributed by atoms with E-state index in [1.807, 2.05) is 0 Å². The van der Waals surface area contributed by atoms with Crippen molar-refractivity contribution in [3.05, 3.63) is 0 Å². The first-order chi connectivity index (χ1) is 10.4. The Kier molecular flexibility index (Phi) is 6.64. The molecule has 3 atom stereocenters. The zero-order chi connectivity index (χ0) is 16.2. The summed E-state index contributed by atoms with van der Waals surface area (Å²) in [6, 6.07) is 1.27. The first-order valence-electron chi connectivity index (χ1n) is 8.44. The van der Waals surface area contributed by atoms with Crippen LogP contribution < -0.4 is 10.6 Å². The second-order valence-corrected chi connectivity index (χ2v) is 8.99. The fourth-order valence-electron chi connectivity index (χ4n) is 3.19. The molecule has 2 N–H and O–H groups in total. The molecule has 0 amide bonds. The lowest BCUT2D eigenvalue weighted by atomic mass is 10.2. The Morgan fingerprint density at radius 3 is 2.59 bits per heavy atom. The molecule has 2 heterocycles. The lowest BCUT2D eigenvalue weighted by molar-refractivity contribution is 0.188. The molecule has 0 aromatic rings. The van der Waals surface area contributed by atoms with E-state index in [0.29, 0.717) is 37.6 Å². The second kappa shape index (κ2) is 8.06. The minimum absolute atomic E-state index is 0.202. The third-order valence-corrected chi connectivity index (χ3v) is 6.24. The van der Waals surface area contributed by atoms with E-state index >= 15 is 0 Å². The Labute approximate surface area is 135 Å². The highest BCUT2D eigenvalue weighted by Crippen LogP contribution is 2.16. The van der Waals surface area contributed by atoms with Gasteiger partial charge in [-0.1, -0.05) is 13.8 Å². The molecule has 0 spiro atoms. The van der Waals surface area contributed by atoms with Crippen molar-refractivity contribution in [2.24, 2.45) is 0 Å². The minimum atomic E-state index is -3.14. The van der Waals surface area contributed by atoms with E-state index in [-0.39, 0.29) is 11.8 Å². The molecular weight excluding hydrogens is 302 g/mol. The van der Waals surface area contributed by atoms with Gasteiger partial charge in [-0.05, 0) is 26.2 Å². The van der Waals surface area contributed by atoms with Crippen LogP contribution in [-0.2, 0) is 14.8 Å². The van der Waals surface area contributed by atoms with Crippen LogP contribution in [0.5, 0.6) is 0 Å². The molecule has 130 valence electrons. The Balaban J connectivity index is 1.73. The van der Waals surface area contributed by atoms with Gasteiger partial charge < -0.3 is 15.4 Å². The number of nitrogens with one attached hydrogen (secondary N) is 2. The van der Waals surface area contributed by atoms with Crippen LogP contribution in [0.2, 0.25) is 0 Å². The van der Waals surface area contributed by atoms with Gasteiger partial charge in [-0.25, -0.2) is 12.7 Å². The summed E-state index contributed by atoms with van der Waals surface area (Å²) in [7, 11) is -3.14. The highest BCUT2D eigenvalue weighted by Gasteiger charge is 2.31. The maximum Gasteiger partial charge on any atom is 0.214 e. The van der Waals surface area contributed by atoms with Crippen molar-refractivity contribution in [1.82, 2.24) is 14.9 Å². The lowest BCUT2D eigenvalue weighted by Crippen LogP contribution is -2.41. The van der Waals surface area contributed by atoms with Crippen LogP contribution in [0.1, 0.15) is 40.0 Å². The monoisotopic (exact) mass is 333 g/mol. The Morgan fingerprint density at radius 1 is 1.18 bits per heavy atom. The van der Waals surface area contributed by atoms with E-state index in [2.05, 4.69) is 31.4 Å². The Morgan fingerprint density at radius 2 is 1.95 bits per heavy atom. The fourth-order valence-corrected chi connectivity index (χ4v) is 4.90. The van der Waals surface area contributed by atoms with Gasteiger partial charge >= 0.3 is 0 Å². The number of hydrogen-bond acceptors (Lipinski definition) is 5. The summed E-state index contributed by atoms with van der Waals surface area (Å²) >= 11 is 0. The summed E-state index contributed by atoms with van der Waals surface area (Å²) in [4.78, 5) is 0. The summed E-state index contributed by atoms with van der Waals surface area (Å²) in [5.41, 5.74) is 0. The van der Waals surface area contributed by atoms with Gasteiger partial charge in [-0.15, -0.1) is 0 Å². The van der Waals surface area contributed by atoms with E-state index < -0.39 is 10.0 Å². The Hall–Kier alpha value is -0.210. The average molecular weight is 333 g/mol. The number of hydrogen-bond donors (Lipinski definition) is 2. The molecule has 2 aliphatic heterocycles. The van der Waals surface area contributed by atoms with E-state index in [9.17, 15) is 8.42 Å². The molecule has 2 saturated heterocycles. The third-order valence-electron chi connectivity index (χ3n) is 4.37. The maximum absolute atomic E-state index is 12.5. The highest BCUT2D eigenvalue weighted by molar-refractivity contribution is 7.89. The normalized spacial score (nSPS) is 28.5. The van der Waals surface area contributed by atoms with E-state index in [1.54, 1.807) is 4.31 Å². The van der Waals surface area contributed by atoms with Gasteiger partial charge in [-0.2, -0.15) is 0 Å². The van der Waals surface area contributed by atoms with E-state index in [1.165, 1.54) is 0 Å². The van der Waals surface area contributed by atoms with Gasteiger partial charge in [0.1, 0.15) is 0 Å². The van der Waals surface area contributed by atoms with Crippen LogP contribution in [0.15, 0.2) is 0 Å². The van der Waals surface area contributed by atoms with Gasteiger partial charge in [0.25, 0.3) is 0 Å². The van der Waals surface area contributed by atoms with Crippen LogP contribution in [0.25, 0.3) is 0 Å². The van der Waals surface area contributed by atoms with Crippen molar-refractivity contribution in [3.63, 3.8) is 0 Å². The summed E-state index contributed by atoms with van der Waals surface area (Å²) in [5.74, 6) is 0.225. The van der Waals surface area contributed by atoms with Crippen LogP contribution >= 0.6 is 0 Å². The fraction of sp³-hybridized carbons (Fsp3) is 1.00. The molecular formula is C15H31N3O3S.